The Morgan fingerprint density at radius 2 is 2.53 bits per heavy atom. The van der Waals surface area contributed by atoms with Crippen LogP contribution in [0.3, 0.4) is 0 Å². The number of carbonyl (C=O) groups is 1. The highest BCUT2D eigenvalue weighted by atomic mass is 32.1. The second-order valence-electron chi connectivity index (χ2n) is 3.84. The lowest BCUT2D eigenvalue weighted by Gasteiger charge is -2.10. The van der Waals surface area contributed by atoms with E-state index in [9.17, 15) is 4.79 Å². The van der Waals surface area contributed by atoms with Gasteiger partial charge in [-0.05, 0) is 13.3 Å². The minimum absolute atomic E-state index is 0.0167. The van der Waals surface area contributed by atoms with Gasteiger partial charge in [0.15, 0.2) is 0 Å². The van der Waals surface area contributed by atoms with E-state index < -0.39 is 0 Å². The molecule has 1 N–H and O–H groups in total. The molecule has 1 saturated heterocycles. The van der Waals surface area contributed by atoms with Crippen LogP contribution in [0.25, 0.3) is 0 Å². The predicted molar refractivity (Wildman–Crippen MR) is 59.7 cm³/mol. The first-order chi connectivity index (χ1) is 7.16. The van der Waals surface area contributed by atoms with Crippen LogP contribution in [0.5, 0.6) is 0 Å². The maximum absolute atomic E-state index is 11.6. The van der Waals surface area contributed by atoms with Crippen LogP contribution < -0.4 is 5.32 Å². The van der Waals surface area contributed by atoms with Gasteiger partial charge in [-0.3, -0.25) is 4.79 Å². The largest absolute Gasteiger partial charge is 0.344 e. The number of hydrogen-bond acceptors (Lipinski definition) is 4. The van der Waals surface area contributed by atoms with Crippen LogP contribution in [0.2, 0.25) is 0 Å². The lowest BCUT2D eigenvalue weighted by molar-refractivity contribution is -0.128. The van der Waals surface area contributed by atoms with Crippen molar-refractivity contribution >= 4 is 17.2 Å². The van der Waals surface area contributed by atoms with Crippen molar-refractivity contribution in [1.29, 1.82) is 0 Å². The second-order valence-corrected chi connectivity index (χ2v) is 4.90. The quantitative estimate of drug-likeness (QED) is 0.826. The van der Waals surface area contributed by atoms with Gasteiger partial charge in [0.1, 0.15) is 0 Å². The number of amides is 1. The van der Waals surface area contributed by atoms with Gasteiger partial charge < -0.3 is 10.2 Å². The third-order valence-electron chi connectivity index (χ3n) is 2.62. The van der Waals surface area contributed by atoms with E-state index in [-0.39, 0.29) is 11.9 Å². The van der Waals surface area contributed by atoms with Crippen molar-refractivity contribution < 1.29 is 4.79 Å². The first kappa shape index (κ1) is 10.6. The molecular weight excluding hydrogens is 210 g/mol. The first-order valence-electron chi connectivity index (χ1n) is 5.06. The van der Waals surface area contributed by atoms with Gasteiger partial charge in [-0.1, -0.05) is 0 Å². The molecule has 0 aliphatic carbocycles. The number of rotatable bonds is 3. The molecule has 0 bridgehead atoms. The Kier molecular flexibility index (Phi) is 3.02. The topological polar surface area (TPSA) is 45.2 Å². The zero-order valence-electron chi connectivity index (χ0n) is 8.99. The maximum Gasteiger partial charge on any atom is 0.239 e. The molecule has 1 amide bonds. The Bertz CT molecular complexity index is 363. The number of aromatic nitrogens is 1. The average molecular weight is 225 g/mol. The molecule has 0 aromatic carbocycles. The third kappa shape index (κ3) is 2.35. The van der Waals surface area contributed by atoms with E-state index in [0.717, 1.165) is 23.7 Å². The van der Waals surface area contributed by atoms with Gasteiger partial charge in [0.25, 0.3) is 0 Å². The Morgan fingerprint density at radius 1 is 1.73 bits per heavy atom. The Hall–Kier alpha value is -0.940. The molecule has 1 aromatic rings. The molecule has 0 radical (unpaired) electrons. The van der Waals surface area contributed by atoms with Crippen molar-refractivity contribution in [1.82, 2.24) is 15.2 Å². The van der Waals surface area contributed by atoms with Crippen molar-refractivity contribution in [3.05, 3.63) is 16.1 Å². The molecule has 5 heteroatoms. The Balaban J connectivity index is 1.86. The molecule has 82 valence electrons. The molecule has 4 nitrogen and oxygen atoms in total. The summed E-state index contributed by atoms with van der Waals surface area (Å²) in [6.45, 7) is 3.53. The average Bonchev–Trinajstić information content (AvgIpc) is 2.74. The van der Waals surface area contributed by atoms with E-state index in [1.807, 2.05) is 19.4 Å². The summed E-state index contributed by atoms with van der Waals surface area (Å²) in [5.41, 5.74) is 1.03. The van der Waals surface area contributed by atoms with Crippen molar-refractivity contribution in [2.24, 2.45) is 0 Å². The lowest BCUT2D eigenvalue weighted by atomic mass is 10.2. The van der Waals surface area contributed by atoms with Crippen LogP contribution in [0, 0.1) is 6.92 Å². The highest BCUT2D eigenvalue weighted by Crippen LogP contribution is 2.11. The Morgan fingerprint density at radius 3 is 3.07 bits per heavy atom. The summed E-state index contributed by atoms with van der Waals surface area (Å²) in [4.78, 5) is 17.7. The smallest absolute Gasteiger partial charge is 0.239 e. The lowest BCUT2D eigenvalue weighted by Crippen LogP contribution is -2.36. The summed E-state index contributed by atoms with van der Waals surface area (Å²) in [5, 5.41) is 6.35. The van der Waals surface area contributed by atoms with Gasteiger partial charge >= 0.3 is 0 Å². The van der Waals surface area contributed by atoms with Gasteiger partial charge in [-0.2, -0.15) is 0 Å². The molecule has 15 heavy (non-hydrogen) atoms. The SMILES string of the molecule is Cc1nc(CNC2CCN(C)C2=O)cs1. The van der Waals surface area contributed by atoms with Gasteiger partial charge in [-0.25, -0.2) is 4.98 Å². The third-order valence-corrected chi connectivity index (χ3v) is 3.45. The summed E-state index contributed by atoms with van der Waals surface area (Å²) in [6, 6.07) is -0.0167. The molecule has 0 spiro atoms. The number of likely N-dealkylation sites (N-methyl/N-ethyl adjacent to an activating group) is 1. The van der Waals surface area contributed by atoms with Gasteiger partial charge in [0.2, 0.25) is 5.91 Å². The van der Waals surface area contributed by atoms with Crippen LogP contribution in [0.15, 0.2) is 5.38 Å². The summed E-state index contributed by atoms with van der Waals surface area (Å²) < 4.78 is 0. The minimum Gasteiger partial charge on any atom is -0.344 e. The van der Waals surface area contributed by atoms with Gasteiger partial charge in [-0.15, -0.1) is 11.3 Å². The van der Waals surface area contributed by atoms with E-state index in [1.165, 1.54) is 0 Å². The van der Waals surface area contributed by atoms with Crippen LogP contribution in [0.1, 0.15) is 17.1 Å². The molecule has 2 rings (SSSR count). The standard InChI is InChI=1S/C10H15N3OS/c1-7-12-8(6-15-7)5-11-9-3-4-13(2)10(9)14/h6,9,11H,3-5H2,1-2H3. The van der Waals surface area contributed by atoms with E-state index in [4.69, 9.17) is 0 Å². The van der Waals surface area contributed by atoms with Gasteiger partial charge in [0, 0.05) is 25.5 Å². The molecule has 1 atom stereocenters. The molecule has 2 heterocycles. The van der Waals surface area contributed by atoms with Crippen LogP contribution in [0.4, 0.5) is 0 Å². The highest BCUT2D eigenvalue weighted by Gasteiger charge is 2.28. The number of nitrogens with zero attached hydrogens (tertiary/aromatic N) is 2. The summed E-state index contributed by atoms with van der Waals surface area (Å²) in [6.07, 6.45) is 0.901. The van der Waals surface area contributed by atoms with Gasteiger partial charge in [0.05, 0.1) is 16.7 Å². The number of carbonyl (C=O) groups excluding carboxylic acids is 1. The maximum atomic E-state index is 11.6. The molecular formula is C10H15N3OS. The normalized spacial score (nSPS) is 21.3. The highest BCUT2D eigenvalue weighted by molar-refractivity contribution is 7.09. The zero-order chi connectivity index (χ0) is 10.8. The van der Waals surface area contributed by atoms with Crippen LogP contribution in [-0.4, -0.2) is 35.4 Å². The molecule has 1 aromatic heterocycles. The number of likely N-dealkylation sites (tertiary alicyclic amines) is 1. The van der Waals surface area contributed by atoms with Crippen molar-refractivity contribution in [2.45, 2.75) is 25.9 Å². The van der Waals surface area contributed by atoms with Crippen molar-refractivity contribution in [2.75, 3.05) is 13.6 Å². The van der Waals surface area contributed by atoms with E-state index >= 15 is 0 Å². The number of nitrogens with one attached hydrogen (secondary N) is 1. The summed E-state index contributed by atoms with van der Waals surface area (Å²) in [5.74, 6) is 0.196. The summed E-state index contributed by atoms with van der Waals surface area (Å²) >= 11 is 1.64. The first-order valence-corrected chi connectivity index (χ1v) is 5.94. The molecule has 1 unspecified atom stereocenters. The van der Waals surface area contributed by atoms with Crippen LogP contribution >= 0.6 is 11.3 Å². The number of aryl methyl sites for hydroxylation is 1. The Labute approximate surface area is 93.3 Å². The van der Waals surface area contributed by atoms with E-state index in [1.54, 1.807) is 16.2 Å². The molecule has 1 fully saturated rings. The van der Waals surface area contributed by atoms with Crippen LogP contribution in [-0.2, 0) is 11.3 Å². The predicted octanol–water partition coefficient (Wildman–Crippen LogP) is 0.772. The van der Waals surface area contributed by atoms with Crippen molar-refractivity contribution in [3.8, 4) is 0 Å². The fourth-order valence-electron chi connectivity index (χ4n) is 1.73. The fraction of sp³-hybridized carbons (Fsp3) is 0.600. The number of thiazole rings is 1. The molecule has 0 saturated carbocycles. The van der Waals surface area contributed by atoms with Crippen molar-refractivity contribution in [3.63, 3.8) is 0 Å². The minimum atomic E-state index is -0.0167. The van der Waals surface area contributed by atoms with E-state index in [0.29, 0.717) is 6.54 Å². The fourth-order valence-corrected chi connectivity index (χ4v) is 2.34. The molecule has 1 aliphatic heterocycles. The monoisotopic (exact) mass is 225 g/mol. The van der Waals surface area contributed by atoms with E-state index in [2.05, 4.69) is 10.3 Å². The molecule has 1 aliphatic rings. The number of hydrogen-bond donors (Lipinski definition) is 1. The second kappa shape index (κ2) is 4.28. The zero-order valence-corrected chi connectivity index (χ0v) is 9.80. The summed E-state index contributed by atoms with van der Waals surface area (Å²) in [7, 11) is 1.84.